The van der Waals surface area contributed by atoms with E-state index < -0.39 is 5.60 Å². The molecule has 1 aliphatic rings. The predicted octanol–water partition coefficient (Wildman–Crippen LogP) is 1.43. The van der Waals surface area contributed by atoms with Crippen LogP contribution in [0.3, 0.4) is 0 Å². The van der Waals surface area contributed by atoms with Crippen molar-refractivity contribution in [3.8, 4) is 0 Å². The molecule has 0 fully saturated rings. The number of carbonyl (C=O) groups is 1. The molecule has 0 amide bonds. The molecule has 0 aromatic carbocycles. The molecule has 0 saturated heterocycles. The Balaban J connectivity index is 2.86. The van der Waals surface area contributed by atoms with Crippen LogP contribution in [0.15, 0.2) is 24.5 Å². The van der Waals surface area contributed by atoms with Gasteiger partial charge in [-0.3, -0.25) is 4.79 Å². The molecule has 0 bridgehead atoms. The summed E-state index contributed by atoms with van der Waals surface area (Å²) < 4.78 is 5.20. The van der Waals surface area contributed by atoms with Crippen molar-refractivity contribution in [1.29, 1.82) is 0 Å². The second-order valence-electron chi connectivity index (χ2n) is 2.73. The first-order valence-corrected chi connectivity index (χ1v) is 3.14. The summed E-state index contributed by atoms with van der Waals surface area (Å²) in [6.07, 6.45) is 3.00. The minimum absolute atomic E-state index is 0.00222. The summed E-state index contributed by atoms with van der Waals surface area (Å²) in [7, 11) is 0. The zero-order chi connectivity index (χ0) is 7.78. The van der Waals surface area contributed by atoms with Crippen LogP contribution in [0.5, 0.6) is 0 Å². The summed E-state index contributed by atoms with van der Waals surface area (Å²) in [5.41, 5.74) is -0.677. The summed E-state index contributed by atoms with van der Waals surface area (Å²) in [4.78, 5) is 11.0. The normalized spacial score (nSPS) is 21.8. The van der Waals surface area contributed by atoms with E-state index in [0.717, 1.165) is 0 Å². The van der Waals surface area contributed by atoms with Gasteiger partial charge in [0.2, 0.25) is 5.78 Å². The molecule has 0 spiro atoms. The first-order valence-electron chi connectivity index (χ1n) is 3.14. The largest absolute Gasteiger partial charge is 0.480 e. The summed E-state index contributed by atoms with van der Waals surface area (Å²) in [6.45, 7) is 6.97. The lowest BCUT2D eigenvalue weighted by molar-refractivity contribution is -0.126. The number of hydrogen-bond donors (Lipinski definition) is 0. The lowest BCUT2D eigenvalue weighted by atomic mass is 10.1. The van der Waals surface area contributed by atoms with Crippen LogP contribution in [0.1, 0.15) is 13.8 Å². The molecule has 0 atom stereocenters. The quantitative estimate of drug-likeness (QED) is 0.548. The third-order valence-corrected chi connectivity index (χ3v) is 1.44. The van der Waals surface area contributed by atoms with Gasteiger partial charge in [-0.1, -0.05) is 6.58 Å². The second kappa shape index (κ2) is 1.97. The maximum Gasteiger partial charge on any atom is 0.202 e. The fraction of sp³-hybridized carbons (Fsp3) is 0.375. The van der Waals surface area contributed by atoms with Crippen molar-refractivity contribution >= 4 is 5.78 Å². The van der Waals surface area contributed by atoms with Crippen molar-refractivity contribution in [1.82, 2.24) is 0 Å². The van der Waals surface area contributed by atoms with Crippen LogP contribution in [0, 0.1) is 0 Å². The Morgan fingerprint density at radius 3 is 2.50 bits per heavy atom. The molecular weight excluding hydrogens is 128 g/mol. The van der Waals surface area contributed by atoms with Crippen molar-refractivity contribution in [2.24, 2.45) is 0 Å². The third-order valence-electron chi connectivity index (χ3n) is 1.44. The molecule has 0 radical (unpaired) electrons. The van der Waals surface area contributed by atoms with E-state index in [1.807, 2.05) is 0 Å². The van der Waals surface area contributed by atoms with Gasteiger partial charge in [0.1, 0.15) is 5.76 Å². The Bertz CT molecular complexity index is 211. The van der Waals surface area contributed by atoms with E-state index in [0.29, 0.717) is 5.76 Å². The smallest absolute Gasteiger partial charge is 0.202 e. The fourth-order valence-electron chi connectivity index (χ4n) is 0.778. The maximum absolute atomic E-state index is 11.0. The average Bonchev–Trinajstić information content (AvgIpc) is 2.08. The molecule has 0 aromatic rings. The Hall–Kier alpha value is -1.05. The van der Waals surface area contributed by atoms with Crippen LogP contribution in [-0.2, 0) is 9.53 Å². The van der Waals surface area contributed by atoms with Gasteiger partial charge in [-0.2, -0.15) is 0 Å². The molecule has 0 aromatic heterocycles. The van der Waals surface area contributed by atoms with E-state index in [4.69, 9.17) is 4.74 Å². The molecule has 54 valence electrons. The van der Waals surface area contributed by atoms with Gasteiger partial charge in [-0.05, 0) is 19.9 Å². The van der Waals surface area contributed by atoms with Gasteiger partial charge < -0.3 is 4.74 Å². The van der Waals surface area contributed by atoms with E-state index in [2.05, 4.69) is 6.58 Å². The standard InChI is InChI=1S/C8H10O2/c1-4-6-5-7(9)8(2,3)10-6/h4-5H,1H2,2-3H3. The second-order valence-corrected chi connectivity index (χ2v) is 2.73. The summed E-state index contributed by atoms with van der Waals surface area (Å²) in [5.74, 6) is 0.567. The Labute approximate surface area is 60.2 Å². The highest BCUT2D eigenvalue weighted by Crippen LogP contribution is 2.24. The van der Waals surface area contributed by atoms with E-state index >= 15 is 0 Å². The first kappa shape index (κ1) is 7.06. The topological polar surface area (TPSA) is 26.3 Å². The van der Waals surface area contributed by atoms with Crippen molar-refractivity contribution in [2.45, 2.75) is 19.4 Å². The minimum atomic E-state index is -0.677. The molecule has 2 heteroatoms. The molecule has 1 rings (SSSR count). The number of hydrogen-bond acceptors (Lipinski definition) is 2. The predicted molar refractivity (Wildman–Crippen MR) is 38.5 cm³/mol. The van der Waals surface area contributed by atoms with Crippen LogP contribution in [0.25, 0.3) is 0 Å². The van der Waals surface area contributed by atoms with E-state index in [9.17, 15) is 4.79 Å². The van der Waals surface area contributed by atoms with Gasteiger partial charge in [0.15, 0.2) is 5.60 Å². The van der Waals surface area contributed by atoms with Crippen molar-refractivity contribution in [3.63, 3.8) is 0 Å². The summed E-state index contributed by atoms with van der Waals surface area (Å²) in [6, 6.07) is 0. The molecule has 0 unspecified atom stereocenters. The van der Waals surface area contributed by atoms with Crippen LogP contribution >= 0.6 is 0 Å². The van der Waals surface area contributed by atoms with Gasteiger partial charge in [0.05, 0.1) is 0 Å². The Morgan fingerprint density at radius 1 is 1.70 bits per heavy atom. The molecule has 2 nitrogen and oxygen atoms in total. The molecule has 10 heavy (non-hydrogen) atoms. The molecule has 1 aliphatic heterocycles. The zero-order valence-electron chi connectivity index (χ0n) is 6.18. The zero-order valence-corrected chi connectivity index (χ0v) is 6.18. The number of allylic oxidation sites excluding steroid dienone is 1. The molecule has 0 saturated carbocycles. The van der Waals surface area contributed by atoms with Crippen molar-refractivity contribution < 1.29 is 9.53 Å². The van der Waals surface area contributed by atoms with Crippen molar-refractivity contribution in [2.75, 3.05) is 0 Å². The molecular formula is C8H10O2. The number of ketones is 1. The average molecular weight is 138 g/mol. The highest BCUT2D eigenvalue weighted by atomic mass is 16.5. The van der Waals surface area contributed by atoms with Gasteiger partial charge in [-0.15, -0.1) is 0 Å². The Kier molecular flexibility index (Phi) is 1.39. The molecule has 0 aliphatic carbocycles. The van der Waals surface area contributed by atoms with E-state index in [1.54, 1.807) is 13.8 Å². The van der Waals surface area contributed by atoms with Crippen LogP contribution in [0.2, 0.25) is 0 Å². The molecule has 0 N–H and O–H groups in total. The molecule has 1 heterocycles. The third kappa shape index (κ3) is 0.967. The fourth-order valence-corrected chi connectivity index (χ4v) is 0.778. The number of rotatable bonds is 1. The first-order chi connectivity index (χ1) is 4.56. The highest BCUT2D eigenvalue weighted by Gasteiger charge is 2.33. The maximum atomic E-state index is 11.0. The minimum Gasteiger partial charge on any atom is -0.480 e. The van der Waals surface area contributed by atoms with Crippen LogP contribution in [0.4, 0.5) is 0 Å². The number of ether oxygens (including phenoxy) is 1. The van der Waals surface area contributed by atoms with E-state index in [-0.39, 0.29) is 5.78 Å². The van der Waals surface area contributed by atoms with Crippen LogP contribution < -0.4 is 0 Å². The SMILES string of the molecule is C=CC1=CC(=O)C(C)(C)O1. The lowest BCUT2D eigenvalue weighted by Gasteiger charge is -2.16. The van der Waals surface area contributed by atoms with Gasteiger partial charge >= 0.3 is 0 Å². The Morgan fingerprint density at radius 2 is 2.30 bits per heavy atom. The van der Waals surface area contributed by atoms with Crippen LogP contribution in [-0.4, -0.2) is 11.4 Å². The van der Waals surface area contributed by atoms with E-state index in [1.165, 1.54) is 12.2 Å². The number of carbonyl (C=O) groups excluding carboxylic acids is 1. The van der Waals surface area contributed by atoms with Gasteiger partial charge in [-0.25, -0.2) is 0 Å². The monoisotopic (exact) mass is 138 g/mol. The lowest BCUT2D eigenvalue weighted by Crippen LogP contribution is -2.27. The van der Waals surface area contributed by atoms with Gasteiger partial charge in [0.25, 0.3) is 0 Å². The summed E-state index contributed by atoms with van der Waals surface area (Å²) in [5, 5.41) is 0. The highest BCUT2D eigenvalue weighted by molar-refractivity contribution is 5.99. The summed E-state index contributed by atoms with van der Waals surface area (Å²) >= 11 is 0. The van der Waals surface area contributed by atoms with Gasteiger partial charge in [0, 0.05) is 6.08 Å². The van der Waals surface area contributed by atoms with Crippen molar-refractivity contribution in [3.05, 3.63) is 24.5 Å².